The first-order valence-corrected chi connectivity index (χ1v) is 7.48. The van der Waals surface area contributed by atoms with Crippen LogP contribution in [0, 0.1) is 5.41 Å². The van der Waals surface area contributed by atoms with E-state index < -0.39 is 0 Å². The highest BCUT2D eigenvalue weighted by atomic mass is 15.1. The zero-order valence-electron chi connectivity index (χ0n) is 12.4. The Morgan fingerprint density at radius 2 is 1.76 bits per heavy atom. The van der Waals surface area contributed by atoms with Crippen LogP contribution in [0.5, 0.6) is 0 Å². The summed E-state index contributed by atoms with van der Waals surface area (Å²) in [6, 6.07) is 0.715. The van der Waals surface area contributed by atoms with Crippen LogP contribution < -0.4 is 5.32 Å². The standard InChI is InChI=1S/C15H32N2/c1-5-14(2)17(4)13-15(12-16-3)10-8-6-7-9-11-15/h14,16H,5-13H2,1-4H3. The first kappa shape index (κ1) is 15.0. The molecule has 0 aromatic carbocycles. The molecule has 1 unspecified atom stereocenters. The fourth-order valence-corrected chi connectivity index (χ4v) is 3.24. The predicted octanol–water partition coefficient (Wildman–Crippen LogP) is 3.28. The van der Waals surface area contributed by atoms with E-state index in [4.69, 9.17) is 0 Å². The second kappa shape index (κ2) is 7.38. The summed E-state index contributed by atoms with van der Waals surface area (Å²) in [7, 11) is 4.41. The molecule has 0 spiro atoms. The number of rotatable bonds is 6. The zero-order chi connectivity index (χ0) is 12.7. The molecule has 1 aliphatic rings. The molecule has 0 radical (unpaired) electrons. The Morgan fingerprint density at radius 3 is 2.24 bits per heavy atom. The van der Waals surface area contributed by atoms with Gasteiger partial charge in [0.05, 0.1) is 0 Å². The van der Waals surface area contributed by atoms with Crippen molar-refractivity contribution in [2.45, 2.75) is 64.8 Å². The highest BCUT2D eigenvalue weighted by molar-refractivity contribution is 4.86. The Morgan fingerprint density at radius 1 is 1.18 bits per heavy atom. The van der Waals surface area contributed by atoms with E-state index in [1.54, 1.807) is 0 Å². The van der Waals surface area contributed by atoms with Crippen molar-refractivity contribution < 1.29 is 0 Å². The molecule has 1 fully saturated rings. The molecule has 2 heteroatoms. The molecule has 0 aliphatic heterocycles. The molecule has 2 nitrogen and oxygen atoms in total. The lowest BCUT2D eigenvalue weighted by Crippen LogP contribution is -2.44. The van der Waals surface area contributed by atoms with Crippen LogP contribution in [0.2, 0.25) is 0 Å². The van der Waals surface area contributed by atoms with Crippen LogP contribution in [0.1, 0.15) is 58.8 Å². The van der Waals surface area contributed by atoms with E-state index in [-0.39, 0.29) is 0 Å². The largest absolute Gasteiger partial charge is 0.319 e. The smallest absolute Gasteiger partial charge is 0.00614 e. The molecule has 0 aromatic rings. The minimum Gasteiger partial charge on any atom is -0.319 e. The molecule has 1 N–H and O–H groups in total. The van der Waals surface area contributed by atoms with Gasteiger partial charge in [0.25, 0.3) is 0 Å². The third-order valence-electron chi connectivity index (χ3n) is 4.64. The molecule has 1 saturated carbocycles. The van der Waals surface area contributed by atoms with Gasteiger partial charge in [0.15, 0.2) is 0 Å². The van der Waals surface area contributed by atoms with Crippen LogP contribution in [0.4, 0.5) is 0 Å². The summed E-state index contributed by atoms with van der Waals surface area (Å²) >= 11 is 0. The van der Waals surface area contributed by atoms with Crippen LogP contribution >= 0.6 is 0 Å². The lowest BCUT2D eigenvalue weighted by molar-refractivity contribution is 0.120. The number of nitrogens with zero attached hydrogens (tertiary/aromatic N) is 1. The summed E-state index contributed by atoms with van der Waals surface area (Å²) in [6.45, 7) is 7.10. The molecule has 0 saturated heterocycles. The molecular formula is C15H32N2. The van der Waals surface area contributed by atoms with Crippen molar-refractivity contribution in [1.82, 2.24) is 10.2 Å². The Kier molecular flexibility index (Phi) is 6.50. The summed E-state index contributed by atoms with van der Waals surface area (Å²) in [5.41, 5.74) is 0.531. The van der Waals surface area contributed by atoms with E-state index in [2.05, 4.69) is 38.2 Å². The van der Waals surface area contributed by atoms with Gasteiger partial charge in [-0.05, 0) is 45.7 Å². The van der Waals surface area contributed by atoms with Gasteiger partial charge in [0, 0.05) is 19.1 Å². The summed E-state index contributed by atoms with van der Waals surface area (Å²) in [6.07, 6.45) is 9.82. The van der Waals surface area contributed by atoms with Gasteiger partial charge >= 0.3 is 0 Å². The Bertz CT molecular complexity index is 195. The monoisotopic (exact) mass is 240 g/mol. The van der Waals surface area contributed by atoms with Crippen molar-refractivity contribution >= 4 is 0 Å². The maximum Gasteiger partial charge on any atom is 0.00614 e. The molecule has 0 aromatic heterocycles. The van der Waals surface area contributed by atoms with E-state index >= 15 is 0 Å². The lowest BCUT2D eigenvalue weighted by Gasteiger charge is -2.38. The average Bonchev–Trinajstić information content (AvgIpc) is 2.54. The van der Waals surface area contributed by atoms with Crippen LogP contribution in [-0.4, -0.2) is 38.1 Å². The maximum atomic E-state index is 3.44. The molecule has 1 rings (SSSR count). The summed E-state index contributed by atoms with van der Waals surface area (Å²) in [5, 5.41) is 3.44. The second-order valence-electron chi connectivity index (χ2n) is 6.12. The van der Waals surface area contributed by atoms with E-state index in [9.17, 15) is 0 Å². The van der Waals surface area contributed by atoms with Crippen molar-refractivity contribution in [3.63, 3.8) is 0 Å². The summed E-state index contributed by atoms with van der Waals surface area (Å²) in [5.74, 6) is 0. The third kappa shape index (κ3) is 4.59. The molecule has 0 amide bonds. The third-order valence-corrected chi connectivity index (χ3v) is 4.64. The van der Waals surface area contributed by atoms with Crippen molar-refractivity contribution in [2.75, 3.05) is 27.2 Å². The van der Waals surface area contributed by atoms with Crippen molar-refractivity contribution in [2.24, 2.45) is 5.41 Å². The quantitative estimate of drug-likeness (QED) is 0.717. The van der Waals surface area contributed by atoms with Crippen molar-refractivity contribution in [3.8, 4) is 0 Å². The highest BCUT2D eigenvalue weighted by Crippen LogP contribution is 2.35. The van der Waals surface area contributed by atoms with E-state index in [1.165, 1.54) is 58.0 Å². The molecule has 0 heterocycles. The number of nitrogens with one attached hydrogen (secondary N) is 1. The van der Waals surface area contributed by atoms with Crippen LogP contribution in [0.3, 0.4) is 0 Å². The first-order chi connectivity index (χ1) is 8.13. The van der Waals surface area contributed by atoms with Crippen LogP contribution in [0.15, 0.2) is 0 Å². The predicted molar refractivity (Wildman–Crippen MR) is 76.4 cm³/mol. The molecule has 0 bridgehead atoms. The van der Waals surface area contributed by atoms with E-state index in [0.29, 0.717) is 11.5 Å². The maximum absolute atomic E-state index is 3.44. The average molecular weight is 240 g/mol. The summed E-state index contributed by atoms with van der Waals surface area (Å²) < 4.78 is 0. The second-order valence-corrected chi connectivity index (χ2v) is 6.12. The van der Waals surface area contributed by atoms with Gasteiger partial charge in [-0.2, -0.15) is 0 Å². The van der Waals surface area contributed by atoms with Gasteiger partial charge in [-0.1, -0.05) is 32.6 Å². The zero-order valence-corrected chi connectivity index (χ0v) is 12.4. The molecule has 17 heavy (non-hydrogen) atoms. The number of hydrogen-bond donors (Lipinski definition) is 1. The van der Waals surface area contributed by atoms with Crippen LogP contribution in [0.25, 0.3) is 0 Å². The minimum absolute atomic E-state index is 0.531. The molecule has 1 atom stereocenters. The Balaban J connectivity index is 2.62. The van der Waals surface area contributed by atoms with Gasteiger partial charge in [-0.25, -0.2) is 0 Å². The molecule has 102 valence electrons. The van der Waals surface area contributed by atoms with Gasteiger partial charge in [-0.3, -0.25) is 0 Å². The van der Waals surface area contributed by atoms with E-state index in [1.807, 2.05) is 0 Å². The van der Waals surface area contributed by atoms with Crippen LogP contribution in [-0.2, 0) is 0 Å². The molecular weight excluding hydrogens is 208 g/mol. The van der Waals surface area contributed by atoms with Gasteiger partial charge in [0.1, 0.15) is 0 Å². The fourth-order valence-electron chi connectivity index (χ4n) is 3.24. The van der Waals surface area contributed by atoms with Gasteiger partial charge < -0.3 is 10.2 Å². The lowest BCUT2D eigenvalue weighted by atomic mass is 9.79. The Labute approximate surface area is 108 Å². The molecule has 1 aliphatic carbocycles. The van der Waals surface area contributed by atoms with Gasteiger partial charge in [0.2, 0.25) is 0 Å². The topological polar surface area (TPSA) is 15.3 Å². The Hall–Kier alpha value is -0.0800. The minimum atomic E-state index is 0.531. The van der Waals surface area contributed by atoms with Crippen molar-refractivity contribution in [3.05, 3.63) is 0 Å². The highest BCUT2D eigenvalue weighted by Gasteiger charge is 2.32. The van der Waals surface area contributed by atoms with Gasteiger partial charge in [-0.15, -0.1) is 0 Å². The van der Waals surface area contributed by atoms with E-state index in [0.717, 1.165) is 0 Å². The fraction of sp³-hybridized carbons (Fsp3) is 1.00. The first-order valence-electron chi connectivity index (χ1n) is 7.48. The summed E-state index contributed by atoms with van der Waals surface area (Å²) in [4.78, 5) is 2.57. The van der Waals surface area contributed by atoms with Crippen molar-refractivity contribution in [1.29, 1.82) is 0 Å². The SMILES string of the molecule is CCC(C)N(C)CC1(CNC)CCCCCC1. The normalized spacial score (nSPS) is 22.4. The number of hydrogen-bond acceptors (Lipinski definition) is 2.